The highest BCUT2D eigenvalue weighted by Gasteiger charge is 2.49. The fourth-order valence-corrected chi connectivity index (χ4v) is 2.76. The molecule has 16 heavy (non-hydrogen) atoms. The summed E-state index contributed by atoms with van der Waals surface area (Å²) < 4.78 is 5.21. The maximum atomic E-state index is 6.31. The molecule has 1 aromatic carbocycles. The number of benzene rings is 1. The van der Waals surface area contributed by atoms with Crippen LogP contribution in [0.3, 0.4) is 0 Å². The Kier molecular flexibility index (Phi) is 3.08. The van der Waals surface area contributed by atoms with Crippen LogP contribution in [0.2, 0.25) is 10.0 Å². The minimum Gasteiger partial charge on any atom is -0.495 e. The summed E-state index contributed by atoms with van der Waals surface area (Å²) in [6.45, 7) is 2.01. The van der Waals surface area contributed by atoms with E-state index in [2.05, 4.69) is 0 Å². The van der Waals surface area contributed by atoms with Crippen LogP contribution in [0, 0.1) is 0 Å². The summed E-state index contributed by atoms with van der Waals surface area (Å²) in [4.78, 5) is 0. The lowest BCUT2D eigenvalue weighted by Gasteiger charge is -2.22. The SMILES string of the molecule is COc1cc(Cl)cc(C2(C(C)N)CC2)c1Cl. The number of hydrogen-bond donors (Lipinski definition) is 1. The molecule has 1 aromatic rings. The predicted octanol–water partition coefficient (Wildman–Crippen LogP) is 3.38. The molecule has 1 unspecified atom stereocenters. The zero-order chi connectivity index (χ0) is 11.9. The zero-order valence-corrected chi connectivity index (χ0v) is 10.9. The highest BCUT2D eigenvalue weighted by molar-refractivity contribution is 6.35. The molecule has 0 bridgehead atoms. The van der Waals surface area contributed by atoms with Crippen molar-refractivity contribution in [2.45, 2.75) is 31.2 Å². The molecule has 88 valence electrons. The van der Waals surface area contributed by atoms with Gasteiger partial charge in [-0.1, -0.05) is 23.2 Å². The molecule has 0 aromatic heterocycles. The Labute approximate surface area is 106 Å². The molecule has 1 saturated carbocycles. The summed E-state index contributed by atoms with van der Waals surface area (Å²) in [6.07, 6.45) is 2.13. The second kappa shape index (κ2) is 4.10. The smallest absolute Gasteiger partial charge is 0.139 e. The third-order valence-corrected chi connectivity index (χ3v) is 4.03. The van der Waals surface area contributed by atoms with Crippen molar-refractivity contribution >= 4 is 23.2 Å². The molecule has 2 nitrogen and oxygen atoms in total. The van der Waals surface area contributed by atoms with Gasteiger partial charge in [0.15, 0.2) is 0 Å². The monoisotopic (exact) mass is 259 g/mol. The van der Waals surface area contributed by atoms with E-state index in [0.717, 1.165) is 18.4 Å². The molecule has 0 aliphatic heterocycles. The van der Waals surface area contributed by atoms with Gasteiger partial charge in [0, 0.05) is 22.5 Å². The van der Waals surface area contributed by atoms with Crippen LogP contribution in [-0.2, 0) is 5.41 Å². The maximum Gasteiger partial charge on any atom is 0.139 e. The summed E-state index contributed by atoms with van der Waals surface area (Å²) in [5, 5.41) is 1.28. The number of rotatable bonds is 3. The topological polar surface area (TPSA) is 35.2 Å². The molecule has 1 aliphatic carbocycles. The third kappa shape index (κ3) is 1.79. The first-order chi connectivity index (χ1) is 7.51. The van der Waals surface area contributed by atoms with Gasteiger partial charge < -0.3 is 10.5 Å². The minimum atomic E-state index is -0.00470. The number of ether oxygens (including phenoxy) is 1. The molecule has 2 N–H and O–H groups in total. The zero-order valence-electron chi connectivity index (χ0n) is 9.39. The molecule has 0 saturated heterocycles. The Balaban J connectivity index is 2.53. The van der Waals surface area contributed by atoms with E-state index >= 15 is 0 Å². The molecule has 1 atom stereocenters. The van der Waals surface area contributed by atoms with Crippen molar-refractivity contribution in [3.63, 3.8) is 0 Å². The number of methoxy groups -OCH3 is 1. The molecule has 0 radical (unpaired) electrons. The van der Waals surface area contributed by atoms with E-state index in [4.69, 9.17) is 33.7 Å². The summed E-state index contributed by atoms with van der Waals surface area (Å²) in [5.41, 5.74) is 7.05. The van der Waals surface area contributed by atoms with Gasteiger partial charge >= 0.3 is 0 Å². The molecule has 1 aliphatic rings. The van der Waals surface area contributed by atoms with Crippen LogP contribution < -0.4 is 10.5 Å². The summed E-state index contributed by atoms with van der Waals surface area (Å²) >= 11 is 12.4. The van der Waals surface area contributed by atoms with Crippen molar-refractivity contribution in [2.75, 3.05) is 7.11 Å². The van der Waals surface area contributed by atoms with E-state index in [1.807, 2.05) is 13.0 Å². The largest absolute Gasteiger partial charge is 0.495 e. The lowest BCUT2D eigenvalue weighted by molar-refractivity contribution is 0.413. The van der Waals surface area contributed by atoms with Crippen molar-refractivity contribution in [1.29, 1.82) is 0 Å². The normalized spacial score (nSPS) is 19.3. The Morgan fingerprint density at radius 3 is 2.44 bits per heavy atom. The maximum absolute atomic E-state index is 6.31. The highest BCUT2D eigenvalue weighted by Crippen LogP contribution is 2.54. The first-order valence-electron chi connectivity index (χ1n) is 5.30. The van der Waals surface area contributed by atoms with Gasteiger partial charge in [-0.25, -0.2) is 0 Å². The number of halogens is 2. The van der Waals surface area contributed by atoms with Crippen molar-refractivity contribution in [2.24, 2.45) is 5.73 Å². The van der Waals surface area contributed by atoms with Crippen LogP contribution in [0.4, 0.5) is 0 Å². The predicted molar refractivity (Wildman–Crippen MR) is 67.6 cm³/mol. The van der Waals surface area contributed by atoms with Gasteiger partial charge in [-0.05, 0) is 31.4 Å². The fraction of sp³-hybridized carbons (Fsp3) is 0.500. The van der Waals surface area contributed by atoms with Gasteiger partial charge in [0.1, 0.15) is 5.75 Å². The fourth-order valence-electron chi connectivity index (χ4n) is 2.18. The van der Waals surface area contributed by atoms with Gasteiger partial charge in [0.2, 0.25) is 0 Å². The van der Waals surface area contributed by atoms with Crippen molar-refractivity contribution in [3.05, 3.63) is 27.7 Å². The van der Waals surface area contributed by atoms with E-state index in [0.29, 0.717) is 15.8 Å². The summed E-state index contributed by atoms with van der Waals surface area (Å²) in [7, 11) is 1.59. The van der Waals surface area contributed by atoms with Gasteiger partial charge in [0.25, 0.3) is 0 Å². The first-order valence-corrected chi connectivity index (χ1v) is 6.06. The van der Waals surface area contributed by atoms with E-state index in [9.17, 15) is 0 Å². The number of hydrogen-bond acceptors (Lipinski definition) is 2. The van der Waals surface area contributed by atoms with Gasteiger partial charge in [-0.2, -0.15) is 0 Å². The van der Waals surface area contributed by atoms with E-state index < -0.39 is 0 Å². The molecular formula is C12H15Cl2NO. The molecule has 1 fully saturated rings. The molecule has 4 heteroatoms. The molecule has 0 heterocycles. The first kappa shape index (κ1) is 12.0. The van der Waals surface area contributed by atoms with Crippen LogP contribution in [0.25, 0.3) is 0 Å². The summed E-state index contributed by atoms with van der Waals surface area (Å²) in [6, 6.07) is 3.71. The van der Waals surface area contributed by atoms with Crippen LogP contribution >= 0.6 is 23.2 Å². The second-order valence-corrected chi connectivity index (χ2v) is 5.23. The van der Waals surface area contributed by atoms with Crippen LogP contribution in [0.5, 0.6) is 5.75 Å². The van der Waals surface area contributed by atoms with Crippen LogP contribution in [0.15, 0.2) is 12.1 Å². The quantitative estimate of drug-likeness (QED) is 0.904. The standard InChI is InChI=1S/C12H15Cl2NO/c1-7(15)12(3-4-12)9-5-8(13)6-10(16-2)11(9)14/h5-7H,3-4,15H2,1-2H3. The average Bonchev–Trinajstić information content (AvgIpc) is 3.02. The van der Waals surface area contributed by atoms with Crippen LogP contribution in [-0.4, -0.2) is 13.2 Å². The molecule has 0 amide bonds. The second-order valence-electron chi connectivity index (χ2n) is 4.41. The Bertz CT molecular complexity index is 414. The third-order valence-electron chi connectivity index (χ3n) is 3.42. The van der Waals surface area contributed by atoms with Crippen molar-refractivity contribution < 1.29 is 4.74 Å². The van der Waals surface area contributed by atoms with Gasteiger partial charge in [-0.3, -0.25) is 0 Å². The Hall–Kier alpha value is -0.440. The molecule has 2 rings (SSSR count). The highest BCUT2D eigenvalue weighted by atomic mass is 35.5. The lowest BCUT2D eigenvalue weighted by atomic mass is 9.89. The average molecular weight is 260 g/mol. The molecular weight excluding hydrogens is 245 g/mol. The van der Waals surface area contributed by atoms with E-state index in [-0.39, 0.29) is 11.5 Å². The van der Waals surface area contributed by atoms with Crippen molar-refractivity contribution in [1.82, 2.24) is 0 Å². The van der Waals surface area contributed by atoms with Gasteiger partial charge in [0.05, 0.1) is 12.1 Å². The lowest BCUT2D eigenvalue weighted by Crippen LogP contribution is -2.31. The van der Waals surface area contributed by atoms with E-state index in [1.165, 1.54) is 0 Å². The van der Waals surface area contributed by atoms with Crippen molar-refractivity contribution in [3.8, 4) is 5.75 Å². The van der Waals surface area contributed by atoms with E-state index in [1.54, 1.807) is 13.2 Å². The van der Waals surface area contributed by atoms with Crippen LogP contribution in [0.1, 0.15) is 25.3 Å². The number of nitrogens with two attached hydrogens (primary N) is 1. The molecule has 0 spiro atoms. The Morgan fingerprint density at radius 2 is 2.00 bits per heavy atom. The van der Waals surface area contributed by atoms with Gasteiger partial charge in [-0.15, -0.1) is 0 Å². The Morgan fingerprint density at radius 1 is 1.38 bits per heavy atom. The summed E-state index contributed by atoms with van der Waals surface area (Å²) in [5.74, 6) is 0.621. The minimum absolute atomic E-state index is 0.00470.